The van der Waals surface area contributed by atoms with Gasteiger partial charge in [0, 0.05) is 29.3 Å². The number of ether oxygens (including phenoxy) is 1. The minimum atomic E-state index is -3.81. The third kappa shape index (κ3) is 3.70. The van der Waals surface area contributed by atoms with Crippen molar-refractivity contribution < 1.29 is 18.3 Å². The molecule has 1 aromatic carbocycles. The highest BCUT2D eigenvalue weighted by molar-refractivity contribution is 7.89. The van der Waals surface area contributed by atoms with Crippen LogP contribution >= 0.6 is 23.2 Å². The van der Waals surface area contributed by atoms with E-state index in [0.29, 0.717) is 26.1 Å². The third-order valence-corrected chi connectivity index (χ3v) is 6.15. The zero-order chi connectivity index (χ0) is 15.7. The van der Waals surface area contributed by atoms with E-state index in [1.54, 1.807) is 0 Å². The first-order chi connectivity index (χ1) is 9.79. The van der Waals surface area contributed by atoms with Crippen molar-refractivity contribution >= 4 is 33.2 Å². The van der Waals surface area contributed by atoms with Gasteiger partial charge in [-0.1, -0.05) is 23.2 Å². The van der Waals surface area contributed by atoms with Crippen molar-refractivity contribution in [2.45, 2.75) is 36.8 Å². The first-order valence-corrected chi connectivity index (χ1v) is 8.72. The van der Waals surface area contributed by atoms with E-state index >= 15 is 0 Å². The molecule has 0 saturated carbocycles. The summed E-state index contributed by atoms with van der Waals surface area (Å²) in [6, 6.07) is 2.76. The highest BCUT2D eigenvalue weighted by atomic mass is 35.5. The quantitative estimate of drug-likeness (QED) is 0.870. The topological polar surface area (TPSA) is 75.6 Å². The molecular weight excluding hydrogens is 337 g/mol. The van der Waals surface area contributed by atoms with E-state index in [1.807, 2.05) is 6.92 Å². The number of hydrogen-bond acceptors (Lipinski definition) is 4. The molecule has 1 aromatic rings. The van der Waals surface area contributed by atoms with E-state index in [-0.39, 0.29) is 20.5 Å². The third-order valence-electron chi connectivity index (χ3n) is 3.58. The van der Waals surface area contributed by atoms with Crippen molar-refractivity contribution in [3.8, 4) is 0 Å². The van der Waals surface area contributed by atoms with Gasteiger partial charge in [0.05, 0.1) is 11.6 Å². The fraction of sp³-hybridized carbons (Fsp3) is 0.538. The average Bonchev–Trinajstić information content (AvgIpc) is 2.38. The number of sulfonamides is 1. The van der Waals surface area contributed by atoms with E-state index < -0.39 is 22.2 Å². The lowest BCUT2D eigenvalue weighted by Gasteiger charge is -2.34. The average molecular weight is 354 g/mol. The van der Waals surface area contributed by atoms with Crippen LogP contribution in [0, 0.1) is 0 Å². The molecule has 0 spiro atoms. The fourth-order valence-corrected chi connectivity index (χ4v) is 4.60. The minimum Gasteiger partial charge on any atom is -0.392 e. The molecule has 2 N–H and O–H groups in total. The molecule has 0 bridgehead atoms. The molecule has 2 rings (SSSR count). The molecule has 0 amide bonds. The number of aliphatic hydroxyl groups excluding tert-OH is 1. The fourth-order valence-electron chi connectivity index (χ4n) is 2.23. The molecule has 118 valence electrons. The lowest BCUT2D eigenvalue weighted by atomic mass is 9.94. The summed E-state index contributed by atoms with van der Waals surface area (Å²) in [4.78, 5) is -0.0784. The summed E-state index contributed by atoms with van der Waals surface area (Å²) < 4.78 is 33.0. The molecule has 0 radical (unpaired) electrons. The van der Waals surface area contributed by atoms with E-state index in [9.17, 15) is 13.5 Å². The molecule has 0 aliphatic carbocycles. The molecule has 0 aromatic heterocycles. The zero-order valence-electron chi connectivity index (χ0n) is 11.5. The van der Waals surface area contributed by atoms with Gasteiger partial charge in [-0.25, -0.2) is 13.1 Å². The molecule has 5 nitrogen and oxygen atoms in total. The van der Waals surface area contributed by atoms with Crippen molar-refractivity contribution in [3.63, 3.8) is 0 Å². The van der Waals surface area contributed by atoms with Gasteiger partial charge in [0.2, 0.25) is 10.0 Å². The van der Waals surface area contributed by atoms with Crippen LogP contribution in [0.5, 0.6) is 0 Å². The second-order valence-corrected chi connectivity index (χ2v) is 7.71. The standard InChI is InChI=1S/C13H17Cl2NO4S/c1-13(4-6-20-7-5-13)16-21(18,19)11-3-2-10(14)9(8-17)12(11)15/h2-3,16-17H,4-8H2,1H3. The van der Waals surface area contributed by atoms with Crippen LogP contribution in [0.15, 0.2) is 17.0 Å². The summed E-state index contributed by atoms with van der Waals surface area (Å²) in [5.41, 5.74) is -0.363. The maximum atomic E-state index is 12.5. The first-order valence-electron chi connectivity index (χ1n) is 6.48. The van der Waals surface area contributed by atoms with E-state index in [1.165, 1.54) is 12.1 Å². The summed E-state index contributed by atoms with van der Waals surface area (Å²) in [5.74, 6) is 0. The molecule has 1 aliphatic rings. The summed E-state index contributed by atoms with van der Waals surface area (Å²) in [6.07, 6.45) is 1.18. The van der Waals surface area contributed by atoms with E-state index in [4.69, 9.17) is 27.9 Å². The molecule has 1 heterocycles. The molecule has 1 fully saturated rings. The Morgan fingerprint density at radius 1 is 1.33 bits per heavy atom. The van der Waals surface area contributed by atoms with Gasteiger partial charge in [0.1, 0.15) is 4.90 Å². The van der Waals surface area contributed by atoms with E-state index in [0.717, 1.165) is 0 Å². The summed E-state index contributed by atoms with van der Waals surface area (Å²) in [7, 11) is -3.81. The first kappa shape index (κ1) is 17.0. The predicted molar refractivity (Wildman–Crippen MR) is 81.2 cm³/mol. The summed E-state index contributed by atoms with van der Waals surface area (Å²) >= 11 is 12.0. The maximum absolute atomic E-state index is 12.5. The largest absolute Gasteiger partial charge is 0.392 e. The SMILES string of the molecule is CC1(NS(=O)(=O)c2ccc(Cl)c(CO)c2Cl)CCOCC1. The molecule has 0 unspecified atom stereocenters. The highest BCUT2D eigenvalue weighted by Gasteiger charge is 2.33. The Kier molecular flexibility index (Phi) is 5.18. The van der Waals surface area contributed by atoms with Crippen molar-refractivity contribution in [1.82, 2.24) is 4.72 Å². The van der Waals surface area contributed by atoms with Crippen LogP contribution < -0.4 is 4.72 Å². The van der Waals surface area contributed by atoms with Crippen molar-refractivity contribution in [2.24, 2.45) is 0 Å². The summed E-state index contributed by atoms with van der Waals surface area (Å²) in [6.45, 7) is 2.43. The number of benzene rings is 1. The molecular formula is C13H17Cl2NO4S. The Morgan fingerprint density at radius 2 is 1.95 bits per heavy atom. The van der Waals surface area contributed by atoms with E-state index in [2.05, 4.69) is 4.72 Å². The van der Waals surface area contributed by atoms with Gasteiger partial charge in [-0.3, -0.25) is 0 Å². The number of nitrogens with one attached hydrogen (secondary N) is 1. The number of rotatable bonds is 4. The second kappa shape index (κ2) is 6.40. The van der Waals surface area contributed by atoms with Gasteiger partial charge in [0.25, 0.3) is 0 Å². The Hall–Kier alpha value is -0.370. The van der Waals surface area contributed by atoms with Crippen LogP contribution in [-0.2, 0) is 21.4 Å². The lowest BCUT2D eigenvalue weighted by Crippen LogP contribution is -2.49. The number of hydrogen-bond donors (Lipinski definition) is 2. The molecule has 1 aliphatic heterocycles. The number of halogens is 2. The maximum Gasteiger partial charge on any atom is 0.242 e. The van der Waals surface area contributed by atoms with Crippen LogP contribution in [0.4, 0.5) is 0 Å². The Labute approximate surface area is 134 Å². The monoisotopic (exact) mass is 353 g/mol. The molecule has 0 atom stereocenters. The highest BCUT2D eigenvalue weighted by Crippen LogP contribution is 2.32. The Balaban J connectivity index is 2.36. The van der Waals surface area contributed by atoms with Crippen molar-refractivity contribution in [2.75, 3.05) is 13.2 Å². The van der Waals surface area contributed by atoms with Gasteiger partial charge >= 0.3 is 0 Å². The molecule has 21 heavy (non-hydrogen) atoms. The van der Waals surface area contributed by atoms with Crippen molar-refractivity contribution in [3.05, 3.63) is 27.7 Å². The van der Waals surface area contributed by atoms with Gasteiger partial charge in [-0.05, 0) is 31.9 Å². The molecule has 1 saturated heterocycles. The van der Waals surface area contributed by atoms with Gasteiger partial charge < -0.3 is 9.84 Å². The Bertz CT molecular complexity index is 627. The van der Waals surface area contributed by atoms with Crippen LogP contribution in [-0.4, -0.2) is 32.3 Å². The van der Waals surface area contributed by atoms with Crippen molar-refractivity contribution in [1.29, 1.82) is 0 Å². The second-order valence-electron chi connectivity index (χ2n) is 5.27. The normalized spacial score (nSPS) is 18.7. The number of aliphatic hydroxyl groups is 1. The van der Waals surface area contributed by atoms with Crippen LogP contribution in [0.25, 0.3) is 0 Å². The smallest absolute Gasteiger partial charge is 0.242 e. The van der Waals surface area contributed by atoms with Crippen LogP contribution in [0.2, 0.25) is 10.0 Å². The Morgan fingerprint density at radius 3 is 2.52 bits per heavy atom. The minimum absolute atomic E-state index is 0.0480. The predicted octanol–water partition coefficient (Wildman–Crippen LogP) is 2.33. The summed E-state index contributed by atoms with van der Waals surface area (Å²) in [5, 5.41) is 9.45. The lowest BCUT2D eigenvalue weighted by molar-refractivity contribution is 0.0537. The van der Waals surface area contributed by atoms with Gasteiger partial charge in [0.15, 0.2) is 0 Å². The zero-order valence-corrected chi connectivity index (χ0v) is 13.9. The molecule has 8 heteroatoms. The van der Waals surface area contributed by atoms with Crippen LogP contribution in [0.3, 0.4) is 0 Å². The van der Waals surface area contributed by atoms with Crippen LogP contribution in [0.1, 0.15) is 25.3 Å². The van der Waals surface area contributed by atoms with Gasteiger partial charge in [-0.2, -0.15) is 0 Å². The van der Waals surface area contributed by atoms with Gasteiger partial charge in [-0.15, -0.1) is 0 Å².